The molecule has 3 heteroatoms. The van der Waals surface area contributed by atoms with Gasteiger partial charge in [-0.05, 0) is 19.3 Å². The highest BCUT2D eigenvalue weighted by atomic mass is 16.1. The van der Waals surface area contributed by atoms with Crippen molar-refractivity contribution in [1.82, 2.24) is 5.32 Å². The molecule has 2 unspecified atom stereocenters. The van der Waals surface area contributed by atoms with Gasteiger partial charge in [0.05, 0.1) is 0 Å². The number of hydrogen-bond acceptors (Lipinski definition) is 2. The summed E-state index contributed by atoms with van der Waals surface area (Å²) in [6.07, 6.45) is 3.03. The van der Waals surface area contributed by atoms with Gasteiger partial charge in [0.25, 0.3) is 0 Å². The average Bonchev–Trinajstić information content (AvgIpc) is 2.13. The minimum absolute atomic E-state index is 0.0547. The van der Waals surface area contributed by atoms with Crippen LogP contribution in [0.1, 0.15) is 26.2 Å². The van der Waals surface area contributed by atoms with Crippen molar-refractivity contribution in [2.24, 2.45) is 5.73 Å². The monoisotopic (exact) mass is 142 g/mol. The quantitative estimate of drug-likeness (QED) is 0.541. The average molecular weight is 142 g/mol. The highest BCUT2D eigenvalue weighted by molar-refractivity contribution is 5.73. The largest absolute Gasteiger partial charge is 0.354 e. The molecule has 1 saturated carbocycles. The number of rotatable bonds is 1. The fraction of sp³-hybridized carbons (Fsp3) is 0.857. The van der Waals surface area contributed by atoms with Crippen molar-refractivity contribution in [3.05, 3.63) is 0 Å². The molecule has 3 N–H and O–H groups in total. The van der Waals surface area contributed by atoms with Gasteiger partial charge in [-0.15, -0.1) is 0 Å². The Morgan fingerprint density at radius 3 is 2.70 bits per heavy atom. The summed E-state index contributed by atoms with van der Waals surface area (Å²) in [5.41, 5.74) is 5.65. The van der Waals surface area contributed by atoms with Crippen molar-refractivity contribution in [2.75, 3.05) is 0 Å². The van der Waals surface area contributed by atoms with Crippen molar-refractivity contribution in [3.8, 4) is 0 Å². The molecular weight excluding hydrogens is 128 g/mol. The fourth-order valence-electron chi connectivity index (χ4n) is 1.43. The smallest absolute Gasteiger partial charge is 0.217 e. The standard InChI is InChI=1S/C7H14N2O/c1-5(10)9-7-3-2-6(8)4-7/h6-7H,2-4,8H2,1H3,(H,9,10). The molecule has 1 fully saturated rings. The van der Waals surface area contributed by atoms with Gasteiger partial charge in [0.1, 0.15) is 0 Å². The summed E-state index contributed by atoms with van der Waals surface area (Å²) in [5.74, 6) is 0.0547. The second-order valence-electron chi connectivity index (χ2n) is 2.97. The van der Waals surface area contributed by atoms with E-state index in [-0.39, 0.29) is 5.91 Å². The molecule has 58 valence electrons. The van der Waals surface area contributed by atoms with E-state index >= 15 is 0 Å². The molecule has 0 saturated heterocycles. The predicted octanol–water partition coefficient (Wildman–Crippen LogP) is 0.00230. The SMILES string of the molecule is CC(=O)NC1CCC(N)C1. The van der Waals surface area contributed by atoms with Crippen LogP contribution in [-0.2, 0) is 4.79 Å². The van der Waals surface area contributed by atoms with Gasteiger partial charge in [-0.2, -0.15) is 0 Å². The Hall–Kier alpha value is -0.570. The lowest BCUT2D eigenvalue weighted by Gasteiger charge is -2.08. The molecule has 0 heterocycles. The van der Waals surface area contributed by atoms with Crippen LogP contribution in [0.5, 0.6) is 0 Å². The number of carbonyl (C=O) groups excluding carboxylic acids is 1. The Bertz CT molecular complexity index is 136. The molecule has 1 amide bonds. The van der Waals surface area contributed by atoms with Crippen LogP contribution in [0.3, 0.4) is 0 Å². The third-order valence-electron chi connectivity index (χ3n) is 1.88. The number of amides is 1. The fourth-order valence-corrected chi connectivity index (χ4v) is 1.43. The Kier molecular flexibility index (Phi) is 2.27. The molecule has 1 rings (SSSR count). The lowest BCUT2D eigenvalue weighted by molar-refractivity contribution is -0.119. The summed E-state index contributed by atoms with van der Waals surface area (Å²) < 4.78 is 0. The van der Waals surface area contributed by atoms with Gasteiger partial charge in [-0.25, -0.2) is 0 Å². The first-order valence-electron chi connectivity index (χ1n) is 3.71. The first-order chi connectivity index (χ1) is 4.68. The molecular formula is C7H14N2O. The van der Waals surface area contributed by atoms with E-state index in [9.17, 15) is 4.79 Å². The minimum atomic E-state index is 0.0547. The molecule has 0 aromatic heterocycles. The van der Waals surface area contributed by atoms with E-state index in [1.54, 1.807) is 6.92 Å². The maximum atomic E-state index is 10.6. The minimum Gasteiger partial charge on any atom is -0.354 e. The summed E-state index contributed by atoms with van der Waals surface area (Å²) in [5, 5.41) is 2.85. The number of carbonyl (C=O) groups is 1. The molecule has 0 spiro atoms. The summed E-state index contributed by atoms with van der Waals surface area (Å²) in [4.78, 5) is 10.6. The van der Waals surface area contributed by atoms with Crippen molar-refractivity contribution < 1.29 is 4.79 Å². The van der Waals surface area contributed by atoms with Crippen molar-refractivity contribution >= 4 is 5.91 Å². The summed E-state index contributed by atoms with van der Waals surface area (Å²) in [6.45, 7) is 1.55. The summed E-state index contributed by atoms with van der Waals surface area (Å²) in [6, 6.07) is 0.643. The third kappa shape index (κ3) is 1.99. The van der Waals surface area contributed by atoms with E-state index in [0.717, 1.165) is 19.3 Å². The van der Waals surface area contributed by atoms with Gasteiger partial charge in [-0.1, -0.05) is 0 Å². The molecule has 0 radical (unpaired) electrons. The van der Waals surface area contributed by atoms with E-state index in [1.165, 1.54) is 0 Å². The number of hydrogen-bond donors (Lipinski definition) is 2. The van der Waals surface area contributed by atoms with E-state index < -0.39 is 0 Å². The normalized spacial score (nSPS) is 32.2. The maximum Gasteiger partial charge on any atom is 0.217 e. The van der Waals surface area contributed by atoms with Crippen LogP contribution in [0, 0.1) is 0 Å². The zero-order chi connectivity index (χ0) is 7.56. The Balaban J connectivity index is 2.24. The molecule has 0 aromatic carbocycles. The van der Waals surface area contributed by atoms with Crippen LogP contribution >= 0.6 is 0 Å². The zero-order valence-electron chi connectivity index (χ0n) is 6.26. The van der Waals surface area contributed by atoms with E-state index in [1.807, 2.05) is 0 Å². The topological polar surface area (TPSA) is 55.1 Å². The van der Waals surface area contributed by atoms with E-state index in [2.05, 4.69) is 5.32 Å². The first kappa shape index (κ1) is 7.54. The van der Waals surface area contributed by atoms with Gasteiger partial charge in [0.15, 0.2) is 0 Å². The third-order valence-corrected chi connectivity index (χ3v) is 1.88. The molecule has 0 bridgehead atoms. The highest BCUT2D eigenvalue weighted by Crippen LogP contribution is 2.16. The van der Waals surface area contributed by atoms with Gasteiger partial charge in [0, 0.05) is 19.0 Å². The van der Waals surface area contributed by atoms with Gasteiger partial charge in [0.2, 0.25) is 5.91 Å². The maximum absolute atomic E-state index is 10.6. The van der Waals surface area contributed by atoms with Gasteiger partial charge < -0.3 is 11.1 Å². The first-order valence-corrected chi connectivity index (χ1v) is 3.71. The molecule has 0 aliphatic heterocycles. The summed E-state index contributed by atoms with van der Waals surface area (Å²) >= 11 is 0. The molecule has 10 heavy (non-hydrogen) atoms. The lowest BCUT2D eigenvalue weighted by Crippen LogP contribution is -2.32. The number of nitrogens with one attached hydrogen (secondary N) is 1. The predicted molar refractivity (Wildman–Crippen MR) is 39.4 cm³/mol. The van der Waals surface area contributed by atoms with Crippen molar-refractivity contribution in [1.29, 1.82) is 0 Å². The van der Waals surface area contributed by atoms with Crippen LogP contribution in [0.25, 0.3) is 0 Å². The second kappa shape index (κ2) is 3.01. The van der Waals surface area contributed by atoms with Crippen LogP contribution in [-0.4, -0.2) is 18.0 Å². The Morgan fingerprint density at radius 2 is 2.30 bits per heavy atom. The van der Waals surface area contributed by atoms with Crippen LogP contribution in [0.15, 0.2) is 0 Å². The van der Waals surface area contributed by atoms with Gasteiger partial charge in [-0.3, -0.25) is 4.79 Å². The Labute approximate surface area is 61.0 Å². The molecule has 1 aliphatic rings. The number of nitrogens with two attached hydrogens (primary N) is 1. The zero-order valence-corrected chi connectivity index (χ0v) is 6.26. The van der Waals surface area contributed by atoms with E-state index in [0.29, 0.717) is 12.1 Å². The second-order valence-corrected chi connectivity index (χ2v) is 2.97. The van der Waals surface area contributed by atoms with Crippen molar-refractivity contribution in [2.45, 2.75) is 38.3 Å². The Morgan fingerprint density at radius 1 is 1.60 bits per heavy atom. The molecule has 3 nitrogen and oxygen atoms in total. The van der Waals surface area contributed by atoms with Gasteiger partial charge >= 0.3 is 0 Å². The van der Waals surface area contributed by atoms with Crippen LogP contribution in [0.4, 0.5) is 0 Å². The van der Waals surface area contributed by atoms with Crippen LogP contribution < -0.4 is 11.1 Å². The molecule has 1 aliphatic carbocycles. The van der Waals surface area contributed by atoms with Crippen LogP contribution in [0.2, 0.25) is 0 Å². The highest BCUT2D eigenvalue weighted by Gasteiger charge is 2.21. The molecule has 0 aromatic rings. The summed E-state index contributed by atoms with van der Waals surface area (Å²) in [7, 11) is 0. The molecule has 2 atom stereocenters. The van der Waals surface area contributed by atoms with E-state index in [4.69, 9.17) is 5.73 Å². The van der Waals surface area contributed by atoms with Crippen molar-refractivity contribution in [3.63, 3.8) is 0 Å². The lowest BCUT2D eigenvalue weighted by atomic mass is 10.2.